The first-order valence-electron chi connectivity index (χ1n) is 9.89. The first-order chi connectivity index (χ1) is 14.7. The van der Waals surface area contributed by atoms with E-state index in [2.05, 4.69) is 10.6 Å². The quantitative estimate of drug-likeness (QED) is 0.493. The number of carbonyl (C=O) groups excluding carboxylic acids is 2. The number of hydrogen-bond donors (Lipinski definition) is 2. The second-order valence-electron chi connectivity index (χ2n) is 7.10. The highest BCUT2D eigenvalue weighted by Crippen LogP contribution is 2.23. The Morgan fingerprint density at radius 3 is 2.10 bits per heavy atom. The molecule has 0 heterocycles. The highest BCUT2D eigenvalue weighted by Gasteiger charge is 2.22. The Kier molecular flexibility index (Phi) is 5.85. The summed E-state index contributed by atoms with van der Waals surface area (Å²) in [7, 11) is 0. The molecule has 0 aliphatic rings. The minimum absolute atomic E-state index is 0.250. The van der Waals surface area contributed by atoms with Gasteiger partial charge in [0.25, 0.3) is 5.91 Å². The Hall–Kier alpha value is -3.92. The third kappa shape index (κ3) is 4.55. The van der Waals surface area contributed by atoms with E-state index < -0.39 is 6.04 Å². The van der Waals surface area contributed by atoms with Crippen LogP contribution in [0.1, 0.15) is 15.9 Å². The third-order valence-electron chi connectivity index (χ3n) is 4.99. The van der Waals surface area contributed by atoms with Gasteiger partial charge in [0, 0.05) is 23.1 Å². The van der Waals surface area contributed by atoms with Gasteiger partial charge >= 0.3 is 0 Å². The van der Waals surface area contributed by atoms with Crippen molar-refractivity contribution in [3.8, 4) is 0 Å². The molecule has 0 saturated carbocycles. The lowest BCUT2D eigenvalue weighted by molar-refractivity contribution is -0.118. The van der Waals surface area contributed by atoms with Crippen molar-refractivity contribution in [2.24, 2.45) is 0 Å². The zero-order valence-corrected chi connectivity index (χ0v) is 16.4. The van der Waals surface area contributed by atoms with E-state index in [1.807, 2.05) is 78.9 Å². The molecule has 0 fully saturated rings. The van der Waals surface area contributed by atoms with Gasteiger partial charge in [-0.1, -0.05) is 84.9 Å². The number of rotatable bonds is 6. The van der Waals surface area contributed by atoms with Gasteiger partial charge in [0.05, 0.1) is 0 Å². The van der Waals surface area contributed by atoms with Gasteiger partial charge < -0.3 is 10.6 Å². The maximum absolute atomic E-state index is 13.2. The van der Waals surface area contributed by atoms with Crippen molar-refractivity contribution in [3.05, 3.63) is 114 Å². The van der Waals surface area contributed by atoms with Crippen molar-refractivity contribution in [3.63, 3.8) is 0 Å². The normalized spacial score (nSPS) is 11.6. The van der Waals surface area contributed by atoms with Crippen molar-refractivity contribution in [1.82, 2.24) is 5.32 Å². The van der Waals surface area contributed by atoms with E-state index in [1.54, 1.807) is 24.3 Å². The molecule has 4 rings (SSSR count). The van der Waals surface area contributed by atoms with Crippen LogP contribution in [0.2, 0.25) is 0 Å². The minimum atomic E-state index is -0.709. The van der Waals surface area contributed by atoms with Crippen LogP contribution in [-0.2, 0) is 11.2 Å². The number of nitrogens with one attached hydrogen (secondary N) is 2. The lowest BCUT2D eigenvalue weighted by Gasteiger charge is -2.19. The molecule has 0 radical (unpaired) electrons. The second kappa shape index (κ2) is 9.05. The van der Waals surface area contributed by atoms with Crippen LogP contribution < -0.4 is 10.6 Å². The summed E-state index contributed by atoms with van der Waals surface area (Å²) in [5.41, 5.74) is 2.22. The number of carbonyl (C=O) groups is 2. The van der Waals surface area contributed by atoms with Crippen molar-refractivity contribution < 1.29 is 9.59 Å². The van der Waals surface area contributed by atoms with Crippen molar-refractivity contribution in [1.29, 1.82) is 0 Å². The average molecular weight is 394 g/mol. The van der Waals surface area contributed by atoms with E-state index in [1.165, 1.54) is 0 Å². The fraction of sp³-hybridized carbons (Fsp3) is 0.0769. The Morgan fingerprint density at radius 2 is 1.33 bits per heavy atom. The molecule has 0 aliphatic heterocycles. The standard InChI is InChI=1S/C26H22N2O2/c29-25(21-13-5-2-6-14-21)28-24(18-19-10-3-1-4-11-19)26(30)27-23-17-9-15-20-12-7-8-16-22(20)23/h1-17,24H,18H2,(H,27,30)(H,28,29)/t24-/m0/s1. The van der Waals surface area contributed by atoms with Crippen LogP contribution in [0.3, 0.4) is 0 Å². The smallest absolute Gasteiger partial charge is 0.251 e. The van der Waals surface area contributed by atoms with Gasteiger partial charge in [-0.15, -0.1) is 0 Å². The highest BCUT2D eigenvalue weighted by molar-refractivity contribution is 6.06. The molecule has 0 unspecified atom stereocenters. The Morgan fingerprint density at radius 1 is 0.700 bits per heavy atom. The molecule has 0 saturated heterocycles. The van der Waals surface area contributed by atoms with E-state index in [-0.39, 0.29) is 11.8 Å². The van der Waals surface area contributed by atoms with Crippen LogP contribution in [0.15, 0.2) is 103 Å². The number of hydrogen-bond acceptors (Lipinski definition) is 2. The zero-order chi connectivity index (χ0) is 20.8. The predicted molar refractivity (Wildman–Crippen MR) is 120 cm³/mol. The Balaban J connectivity index is 1.59. The maximum atomic E-state index is 13.2. The molecule has 1 atom stereocenters. The van der Waals surface area contributed by atoms with Crippen LogP contribution in [0.25, 0.3) is 10.8 Å². The summed E-state index contributed by atoms with van der Waals surface area (Å²) in [5, 5.41) is 7.91. The van der Waals surface area contributed by atoms with E-state index in [4.69, 9.17) is 0 Å². The summed E-state index contributed by atoms with van der Waals surface area (Å²) in [4.78, 5) is 25.9. The van der Waals surface area contributed by atoms with Crippen LogP contribution in [0.4, 0.5) is 5.69 Å². The maximum Gasteiger partial charge on any atom is 0.251 e. The molecule has 4 nitrogen and oxygen atoms in total. The molecule has 0 aliphatic carbocycles. The summed E-state index contributed by atoms with van der Waals surface area (Å²) < 4.78 is 0. The number of anilines is 1. The summed E-state index contributed by atoms with van der Waals surface area (Å²) >= 11 is 0. The van der Waals surface area contributed by atoms with Crippen molar-refractivity contribution in [2.45, 2.75) is 12.5 Å². The predicted octanol–water partition coefficient (Wildman–Crippen LogP) is 4.82. The van der Waals surface area contributed by atoms with Crippen molar-refractivity contribution >= 4 is 28.3 Å². The molecule has 2 amide bonds. The summed E-state index contributed by atoms with van der Waals surface area (Å²) in [6, 6.07) is 31.6. The zero-order valence-electron chi connectivity index (χ0n) is 16.4. The molecular formula is C26H22N2O2. The van der Waals surface area contributed by atoms with Gasteiger partial charge in [-0.25, -0.2) is 0 Å². The molecule has 4 aromatic carbocycles. The topological polar surface area (TPSA) is 58.2 Å². The fourth-order valence-electron chi connectivity index (χ4n) is 3.44. The SMILES string of the molecule is O=C(N[C@@H](Cc1ccccc1)C(=O)Nc1cccc2ccccc12)c1ccccc1. The molecule has 148 valence electrons. The molecule has 2 N–H and O–H groups in total. The van der Waals surface area contributed by atoms with E-state index in [0.717, 1.165) is 22.0 Å². The van der Waals surface area contributed by atoms with Gasteiger partial charge in [-0.3, -0.25) is 9.59 Å². The van der Waals surface area contributed by atoms with Gasteiger partial charge in [0.1, 0.15) is 6.04 Å². The van der Waals surface area contributed by atoms with Gasteiger partial charge in [-0.05, 0) is 29.1 Å². The summed E-state index contributed by atoms with van der Waals surface area (Å²) in [6.07, 6.45) is 0.399. The van der Waals surface area contributed by atoms with Gasteiger partial charge in [0.15, 0.2) is 0 Å². The van der Waals surface area contributed by atoms with Gasteiger partial charge in [-0.2, -0.15) is 0 Å². The number of fused-ring (bicyclic) bond motifs is 1. The molecule has 0 aromatic heterocycles. The summed E-state index contributed by atoms with van der Waals surface area (Å²) in [5.74, 6) is -0.524. The molecule has 30 heavy (non-hydrogen) atoms. The lowest BCUT2D eigenvalue weighted by Crippen LogP contribution is -2.45. The average Bonchev–Trinajstić information content (AvgIpc) is 2.80. The van der Waals surface area contributed by atoms with Crippen LogP contribution in [0.5, 0.6) is 0 Å². The largest absolute Gasteiger partial charge is 0.340 e. The fourth-order valence-corrected chi connectivity index (χ4v) is 3.44. The molecule has 4 aromatic rings. The van der Waals surface area contributed by atoms with Crippen LogP contribution in [-0.4, -0.2) is 17.9 Å². The third-order valence-corrected chi connectivity index (χ3v) is 4.99. The van der Waals surface area contributed by atoms with E-state index >= 15 is 0 Å². The highest BCUT2D eigenvalue weighted by atomic mass is 16.2. The first kappa shape index (κ1) is 19.4. The monoisotopic (exact) mass is 394 g/mol. The lowest BCUT2D eigenvalue weighted by atomic mass is 10.0. The van der Waals surface area contributed by atoms with Gasteiger partial charge in [0.2, 0.25) is 5.91 Å². The molecular weight excluding hydrogens is 372 g/mol. The van der Waals surface area contributed by atoms with E-state index in [9.17, 15) is 9.59 Å². The van der Waals surface area contributed by atoms with Crippen LogP contribution in [0, 0.1) is 0 Å². The van der Waals surface area contributed by atoms with E-state index in [0.29, 0.717) is 12.0 Å². The number of amides is 2. The van der Waals surface area contributed by atoms with Crippen LogP contribution >= 0.6 is 0 Å². The molecule has 4 heteroatoms. The Bertz CT molecular complexity index is 1150. The second-order valence-corrected chi connectivity index (χ2v) is 7.10. The molecule has 0 spiro atoms. The number of benzene rings is 4. The minimum Gasteiger partial charge on any atom is -0.340 e. The Labute approximate surface area is 175 Å². The molecule has 0 bridgehead atoms. The first-order valence-corrected chi connectivity index (χ1v) is 9.89. The summed E-state index contributed by atoms with van der Waals surface area (Å²) in [6.45, 7) is 0. The van der Waals surface area contributed by atoms with Crippen molar-refractivity contribution in [2.75, 3.05) is 5.32 Å².